The van der Waals surface area contributed by atoms with Gasteiger partial charge in [-0.25, -0.2) is 4.39 Å². The summed E-state index contributed by atoms with van der Waals surface area (Å²) in [7, 11) is 0. The topological polar surface area (TPSA) is 12.5 Å². The van der Waals surface area contributed by atoms with Crippen LogP contribution >= 0.6 is 0 Å². The summed E-state index contributed by atoms with van der Waals surface area (Å²) < 4.78 is 17.9. The summed E-state index contributed by atoms with van der Waals surface area (Å²) in [6.45, 7) is 8.46. The first kappa shape index (κ1) is 9.93. The maximum absolute atomic E-state index is 12.9. The quantitative estimate of drug-likeness (QED) is 0.598. The smallest absolute Gasteiger partial charge is 0.133 e. The van der Waals surface area contributed by atoms with Crippen LogP contribution in [0.4, 0.5) is 4.39 Å². The number of hydrogen-bond donors (Lipinski definition) is 0. The van der Waals surface area contributed by atoms with E-state index in [4.69, 9.17) is 4.74 Å². The van der Waals surface area contributed by atoms with Crippen molar-refractivity contribution in [2.24, 2.45) is 0 Å². The van der Waals surface area contributed by atoms with Gasteiger partial charge in [0.1, 0.15) is 5.67 Å². The third-order valence-corrected chi connectivity index (χ3v) is 2.20. The Bertz CT molecular complexity index is 137. The van der Waals surface area contributed by atoms with E-state index in [0.29, 0.717) is 19.1 Å². The second kappa shape index (κ2) is 3.71. The highest BCUT2D eigenvalue weighted by Gasteiger charge is 2.43. The normalized spacial score (nSPS) is 28.0. The van der Waals surface area contributed by atoms with Crippen molar-refractivity contribution in [2.75, 3.05) is 26.3 Å². The Morgan fingerprint density at radius 1 is 1.33 bits per heavy atom. The Morgan fingerprint density at radius 2 is 1.83 bits per heavy atom. The fourth-order valence-corrected chi connectivity index (χ4v) is 1.49. The van der Waals surface area contributed by atoms with Gasteiger partial charge in [0.15, 0.2) is 0 Å². The van der Waals surface area contributed by atoms with E-state index >= 15 is 0 Å². The summed E-state index contributed by atoms with van der Waals surface area (Å²) in [4.78, 5) is 2.14. The Morgan fingerprint density at radius 3 is 2.08 bits per heavy atom. The minimum absolute atomic E-state index is 0.517. The zero-order valence-electron chi connectivity index (χ0n) is 8.14. The number of rotatable bonds is 1. The molecule has 2 aliphatic heterocycles. The van der Waals surface area contributed by atoms with E-state index in [0.717, 1.165) is 13.2 Å². The second-order valence-corrected chi connectivity index (χ2v) is 3.51. The summed E-state index contributed by atoms with van der Waals surface area (Å²) in [5.41, 5.74) is -0.921. The van der Waals surface area contributed by atoms with Gasteiger partial charge in [-0.15, -0.1) is 0 Å². The first-order valence-electron chi connectivity index (χ1n) is 4.68. The van der Waals surface area contributed by atoms with Crippen molar-refractivity contribution in [3.8, 4) is 0 Å². The number of nitrogens with zero attached hydrogens (tertiary/aromatic N) is 1. The zero-order chi connectivity index (χ0) is 9.19. The van der Waals surface area contributed by atoms with Crippen molar-refractivity contribution in [2.45, 2.75) is 32.5 Å². The Hall–Kier alpha value is -0.150. The van der Waals surface area contributed by atoms with Crippen molar-refractivity contribution in [3.63, 3.8) is 0 Å². The molecule has 0 bridgehead atoms. The van der Waals surface area contributed by atoms with E-state index in [9.17, 15) is 4.39 Å². The second-order valence-electron chi connectivity index (χ2n) is 3.51. The summed E-state index contributed by atoms with van der Waals surface area (Å²) in [5, 5.41) is 0. The van der Waals surface area contributed by atoms with Gasteiger partial charge < -0.3 is 4.74 Å². The van der Waals surface area contributed by atoms with Gasteiger partial charge in [-0.1, -0.05) is 13.8 Å². The molecule has 72 valence electrons. The average molecular weight is 175 g/mol. The van der Waals surface area contributed by atoms with Crippen molar-refractivity contribution < 1.29 is 9.13 Å². The fraction of sp³-hybridized carbons (Fsp3) is 1.00. The van der Waals surface area contributed by atoms with Crippen LogP contribution in [0.15, 0.2) is 0 Å². The Balaban J connectivity index is 0.000000336. The molecule has 2 fully saturated rings. The molecule has 0 spiro atoms. The summed E-state index contributed by atoms with van der Waals surface area (Å²) >= 11 is 0. The molecule has 0 amide bonds. The van der Waals surface area contributed by atoms with Crippen LogP contribution in [0.3, 0.4) is 0 Å². The molecule has 2 nitrogen and oxygen atoms in total. The van der Waals surface area contributed by atoms with Gasteiger partial charge in [-0.2, -0.15) is 0 Å². The van der Waals surface area contributed by atoms with E-state index in [1.54, 1.807) is 6.92 Å². The standard InChI is InChI=1S/C7H12FNO.C2H6/c1-7(8)4-9(5-7)6-2-10-3-6;1-2/h6H,2-5H2,1H3;1-2H3. The van der Waals surface area contributed by atoms with Gasteiger partial charge in [0.25, 0.3) is 0 Å². The minimum Gasteiger partial charge on any atom is -0.378 e. The van der Waals surface area contributed by atoms with Crippen LogP contribution in [0, 0.1) is 0 Å². The fourth-order valence-electron chi connectivity index (χ4n) is 1.49. The van der Waals surface area contributed by atoms with Gasteiger partial charge in [-0.05, 0) is 6.92 Å². The van der Waals surface area contributed by atoms with Crippen molar-refractivity contribution >= 4 is 0 Å². The number of likely N-dealkylation sites (tertiary alicyclic amines) is 1. The molecular weight excluding hydrogens is 157 g/mol. The highest BCUT2D eigenvalue weighted by Crippen LogP contribution is 2.28. The molecule has 0 atom stereocenters. The number of ether oxygens (including phenoxy) is 1. The molecule has 0 aromatic rings. The van der Waals surface area contributed by atoms with Crippen LogP contribution in [0.1, 0.15) is 20.8 Å². The lowest BCUT2D eigenvalue weighted by molar-refractivity contribution is -0.132. The van der Waals surface area contributed by atoms with Crippen LogP contribution in [-0.2, 0) is 4.74 Å². The summed E-state index contributed by atoms with van der Waals surface area (Å²) in [6, 6.07) is 0.517. The summed E-state index contributed by atoms with van der Waals surface area (Å²) in [5.74, 6) is 0. The van der Waals surface area contributed by atoms with Gasteiger partial charge in [0.2, 0.25) is 0 Å². The van der Waals surface area contributed by atoms with Gasteiger partial charge >= 0.3 is 0 Å². The van der Waals surface area contributed by atoms with Crippen molar-refractivity contribution in [1.82, 2.24) is 4.90 Å². The lowest BCUT2D eigenvalue weighted by Crippen LogP contribution is -2.65. The highest BCUT2D eigenvalue weighted by molar-refractivity contribution is 4.96. The van der Waals surface area contributed by atoms with Gasteiger partial charge in [0, 0.05) is 13.1 Å². The van der Waals surface area contributed by atoms with Crippen LogP contribution in [0.25, 0.3) is 0 Å². The van der Waals surface area contributed by atoms with E-state index in [-0.39, 0.29) is 0 Å². The molecule has 0 aromatic heterocycles. The average Bonchev–Trinajstić information content (AvgIpc) is 1.84. The molecule has 0 N–H and O–H groups in total. The first-order chi connectivity index (χ1) is 5.67. The van der Waals surface area contributed by atoms with Gasteiger partial charge in [-0.3, -0.25) is 4.90 Å². The number of alkyl halides is 1. The molecule has 3 heteroatoms. The molecule has 2 rings (SSSR count). The Labute approximate surface area is 73.7 Å². The van der Waals surface area contributed by atoms with Crippen molar-refractivity contribution in [3.05, 3.63) is 0 Å². The minimum atomic E-state index is -0.921. The van der Waals surface area contributed by atoms with Crippen LogP contribution < -0.4 is 0 Å². The Kier molecular flexibility index (Phi) is 3.07. The molecule has 0 saturated carbocycles. The first-order valence-corrected chi connectivity index (χ1v) is 4.68. The molecule has 2 saturated heterocycles. The summed E-state index contributed by atoms with van der Waals surface area (Å²) in [6.07, 6.45) is 0. The molecular formula is C9H18FNO. The van der Waals surface area contributed by atoms with E-state index < -0.39 is 5.67 Å². The van der Waals surface area contributed by atoms with Crippen LogP contribution in [0.5, 0.6) is 0 Å². The predicted molar refractivity (Wildman–Crippen MR) is 47.0 cm³/mol. The maximum Gasteiger partial charge on any atom is 0.133 e. The van der Waals surface area contributed by atoms with Gasteiger partial charge in [0.05, 0.1) is 19.3 Å². The number of halogens is 1. The third-order valence-electron chi connectivity index (χ3n) is 2.20. The molecule has 12 heavy (non-hydrogen) atoms. The molecule has 2 heterocycles. The predicted octanol–water partition coefficient (Wildman–Crippen LogP) is 1.46. The SMILES string of the molecule is CC.CC1(F)CN(C2COC2)C1. The molecule has 0 aromatic carbocycles. The maximum atomic E-state index is 12.9. The molecule has 0 aliphatic carbocycles. The molecule has 0 unspecified atom stereocenters. The third kappa shape index (κ3) is 1.96. The molecule has 2 aliphatic rings. The number of hydrogen-bond acceptors (Lipinski definition) is 2. The van der Waals surface area contributed by atoms with E-state index in [1.807, 2.05) is 13.8 Å². The van der Waals surface area contributed by atoms with E-state index in [2.05, 4.69) is 4.90 Å². The molecule has 0 radical (unpaired) electrons. The largest absolute Gasteiger partial charge is 0.378 e. The monoisotopic (exact) mass is 175 g/mol. The lowest BCUT2D eigenvalue weighted by Gasteiger charge is -2.49. The van der Waals surface area contributed by atoms with Crippen LogP contribution in [-0.4, -0.2) is 42.9 Å². The van der Waals surface area contributed by atoms with E-state index in [1.165, 1.54) is 0 Å². The van der Waals surface area contributed by atoms with Crippen LogP contribution in [0.2, 0.25) is 0 Å². The lowest BCUT2D eigenvalue weighted by atomic mass is 9.96. The highest BCUT2D eigenvalue weighted by atomic mass is 19.1. The zero-order valence-corrected chi connectivity index (χ0v) is 8.14. The van der Waals surface area contributed by atoms with Crippen molar-refractivity contribution in [1.29, 1.82) is 0 Å².